The average molecular weight is 538 g/mol. The zero-order valence-corrected chi connectivity index (χ0v) is 22.2. The minimum absolute atomic E-state index is 0.136. The molecule has 0 spiro atoms. The van der Waals surface area contributed by atoms with Crippen LogP contribution in [0.25, 0.3) is 21.9 Å². The van der Waals surface area contributed by atoms with Gasteiger partial charge >= 0.3 is 0 Å². The molecule has 7 nitrogen and oxygen atoms in total. The fraction of sp³-hybridized carbons (Fsp3) is 0.448. The van der Waals surface area contributed by atoms with Crippen molar-refractivity contribution in [1.82, 2.24) is 15.2 Å². The van der Waals surface area contributed by atoms with Crippen molar-refractivity contribution in [2.75, 3.05) is 13.1 Å². The number of rotatable bonds is 7. The number of benzene rings is 2. The van der Waals surface area contributed by atoms with Gasteiger partial charge in [-0.1, -0.05) is 6.07 Å². The number of nitrogens with zero attached hydrogens (tertiary/aromatic N) is 1. The van der Waals surface area contributed by atoms with E-state index in [9.17, 15) is 22.4 Å². The topological polar surface area (TPSA) is 97.3 Å². The molecule has 2 saturated carbocycles. The van der Waals surface area contributed by atoms with E-state index in [1.54, 1.807) is 35.8 Å². The fourth-order valence-corrected chi connectivity index (χ4v) is 7.32. The van der Waals surface area contributed by atoms with Crippen molar-refractivity contribution in [3.8, 4) is 11.1 Å². The first kappa shape index (κ1) is 25.2. The summed E-state index contributed by atoms with van der Waals surface area (Å²) < 4.78 is 44.4. The SMILES string of the molecule is Cc1c(F)cc(C(=O)NC2CC2)cc1-c1ccc2c(=O)n(CC3CC3)cc(S(=O)(=O)C3CCNCC3)c2c1. The molecule has 3 fully saturated rings. The van der Waals surface area contributed by atoms with Gasteiger partial charge in [0.15, 0.2) is 9.84 Å². The van der Waals surface area contributed by atoms with Gasteiger partial charge in [-0.25, -0.2) is 12.8 Å². The van der Waals surface area contributed by atoms with Gasteiger partial charge in [-0.2, -0.15) is 0 Å². The van der Waals surface area contributed by atoms with Crippen molar-refractivity contribution in [3.63, 3.8) is 0 Å². The number of hydrogen-bond donors (Lipinski definition) is 2. The Hall–Kier alpha value is -3.04. The van der Waals surface area contributed by atoms with Crippen LogP contribution in [0.2, 0.25) is 0 Å². The normalized spacial score (nSPS) is 18.6. The van der Waals surface area contributed by atoms with Crippen LogP contribution in [-0.4, -0.2) is 43.3 Å². The molecule has 2 aromatic carbocycles. The molecule has 0 atom stereocenters. The van der Waals surface area contributed by atoms with Crippen LogP contribution in [0.1, 0.15) is 54.4 Å². The molecular formula is C29H32FN3O4S. The smallest absolute Gasteiger partial charge is 0.258 e. The molecule has 2 heterocycles. The van der Waals surface area contributed by atoms with Crippen LogP contribution >= 0.6 is 0 Å². The van der Waals surface area contributed by atoms with Gasteiger partial charge in [0.1, 0.15) is 5.82 Å². The van der Waals surface area contributed by atoms with E-state index in [0.717, 1.165) is 25.7 Å². The minimum atomic E-state index is -3.73. The van der Waals surface area contributed by atoms with Crippen molar-refractivity contribution >= 4 is 26.5 Å². The summed E-state index contributed by atoms with van der Waals surface area (Å²) in [5.74, 6) is -0.439. The first-order valence-electron chi connectivity index (χ1n) is 13.5. The lowest BCUT2D eigenvalue weighted by Gasteiger charge is -2.24. The molecule has 1 amide bonds. The third kappa shape index (κ3) is 4.78. The summed E-state index contributed by atoms with van der Waals surface area (Å²) in [4.78, 5) is 26.3. The highest BCUT2D eigenvalue weighted by atomic mass is 32.2. The molecule has 1 saturated heterocycles. The van der Waals surface area contributed by atoms with E-state index >= 15 is 0 Å². The highest BCUT2D eigenvalue weighted by Gasteiger charge is 2.32. The van der Waals surface area contributed by atoms with Crippen molar-refractivity contribution in [3.05, 3.63) is 63.8 Å². The zero-order valence-electron chi connectivity index (χ0n) is 21.4. The molecule has 9 heteroatoms. The number of pyridine rings is 1. The van der Waals surface area contributed by atoms with Crippen LogP contribution in [0.15, 0.2) is 46.2 Å². The molecule has 2 aliphatic carbocycles. The molecule has 1 aromatic heterocycles. The Labute approximate surface area is 221 Å². The molecule has 0 radical (unpaired) electrons. The second-order valence-electron chi connectivity index (χ2n) is 11.0. The molecule has 3 aromatic rings. The Morgan fingerprint density at radius 1 is 1.05 bits per heavy atom. The molecule has 0 unspecified atom stereocenters. The van der Waals surface area contributed by atoms with Crippen LogP contribution in [0.3, 0.4) is 0 Å². The number of hydrogen-bond acceptors (Lipinski definition) is 5. The van der Waals surface area contributed by atoms with Crippen molar-refractivity contribution in [1.29, 1.82) is 0 Å². The molecule has 1 aliphatic heterocycles. The first-order chi connectivity index (χ1) is 18.2. The Bertz CT molecular complexity index is 1600. The minimum Gasteiger partial charge on any atom is -0.349 e. The average Bonchev–Trinajstić information content (AvgIpc) is 3.85. The van der Waals surface area contributed by atoms with Crippen LogP contribution in [0, 0.1) is 18.7 Å². The van der Waals surface area contributed by atoms with Gasteiger partial charge in [-0.05, 0) is 105 Å². The number of amides is 1. The summed E-state index contributed by atoms with van der Waals surface area (Å²) in [6, 6.07) is 8.06. The van der Waals surface area contributed by atoms with Crippen molar-refractivity contribution in [2.24, 2.45) is 5.92 Å². The van der Waals surface area contributed by atoms with Gasteiger partial charge in [0.2, 0.25) is 0 Å². The predicted octanol–water partition coefficient (Wildman–Crippen LogP) is 3.94. The molecule has 200 valence electrons. The lowest BCUT2D eigenvalue weighted by molar-refractivity contribution is 0.0950. The van der Waals surface area contributed by atoms with E-state index in [2.05, 4.69) is 10.6 Å². The van der Waals surface area contributed by atoms with E-state index in [-0.39, 0.29) is 28.0 Å². The molecule has 3 aliphatic rings. The number of piperidine rings is 1. The van der Waals surface area contributed by atoms with Crippen LogP contribution in [0.4, 0.5) is 4.39 Å². The molecular weight excluding hydrogens is 505 g/mol. The van der Waals surface area contributed by atoms with E-state index in [1.165, 1.54) is 12.3 Å². The third-order valence-corrected chi connectivity index (χ3v) is 10.4. The number of nitrogens with one attached hydrogen (secondary N) is 2. The van der Waals surface area contributed by atoms with E-state index < -0.39 is 20.9 Å². The van der Waals surface area contributed by atoms with Gasteiger partial charge in [0.05, 0.1) is 10.1 Å². The highest BCUT2D eigenvalue weighted by molar-refractivity contribution is 7.92. The van der Waals surface area contributed by atoms with Gasteiger partial charge in [0.25, 0.3) is 11.5 Å². The maximum Gasteiger partial charge on any atom is 0.258 e. The number of halogens is 1. The molecule has 6 rings (SSSR count). The second kappa shape index (κ2) is 9.61. The van der Waals surface area contributed by atoms with Crippen molar-refractivity contribution < 1.29 is 17.6 Å². The standard InChI is InChI=1S/C29H32FN3O4S/c1-17-24(13-20(14-26(17)30)28(34)32-21-5-6-21)19-4-7-23-25(12-19)27(16-33(29(23)35)15-18-2-3-18)38(36,37)22-8-10-31-11-9-22/h4,7,12-14,16,18,21-22,31H,2-3,5-6,8-11,15H2,1H3,(H,32,34). The quantitative estimate of drug-likeness (QED) is 0.476. The maximum absolute atomic E-state index is 15.0. The Morgan fingerprint density at radius 3 is 2.47 bits per heavy atom. The Balaban J connectivity index is 1.51. The lowest BCUT2D eigenvalue weighted by atomic mass is 9.95. The van der Waals surface area contributed by atoms with Crippen LogP contribution < -0.4 is 16.2 Å². The van der Waals surface area contributed by atoms with Gasteiger partial charge < -0.3 is 15.2 Å². The third-order valence-electron chi connectivity index (χ3n) is 8.06. The maximum atomic E-state index is 15.0. The largest absolute Gasteiger partial charge is 0.349 e. The zero-order chi connectivity index (χ0) is 26.6. The summed E-state index contributed by atoms with van der Waals surface area (Å²) >= 11 is 0. The van der Waals surface area contributed by atoms with E-state index in [0.29, 0.717) is 65.9 Å². The van der Waals surface area contributed by atoms with Gasteiger partial charge in [-0.15, -0.1) is 0 Å². The molecule has 38 heavy (non-hydrogen) atoms. The number of carbonyl (C=O) groups is 1. The Morgan fingerprint density at radius 2 is 1.79 bits per heavy atom. The summed E-state index contributed by atoms with van der Waals surface area (Å²) in [5, 5.41) is 6.26. The fourth-order valence-electron chi connectivity index (χ4n) is 5.36. The van der Waals surface area contributed by atoms with Crippen LogP contribution in [0.5, 0.6) is 0 Å². The number of carbonyl (C=O) groups excluding carboxylic acids is 1. The van der Waals surface area contributed by atoms with E-state index in [4.69, 9.17) is 0 Å². The highest BCUT2D eigenvalue weighted by Crippen LogP contribution is 2.35. The lowest BCUT2D eigenvalue weighted by Crippen LogP contribution is -2.36. The predicted molar refractivity (Wildman–Crippen MR) is 145 cm³/mol. The summed E-state index contributed by atoms with van der Waals surface area (Å²) in [5.41, 5.74) is 1.43. The Kier molecular flexibility index (Phi) is 6.39. The molecule has 0 bridgehead atoms. The van der Waals surface area contributed by atoms with Crippen molar-refractivity contribution in [2.45, 2.75) is 68.2 Å². The second-order valence-corrected chi connectivity index (χ2v) is 13.2. The van der Waals surface area contributed by atoms with E-state index in [1.807, 2.05) is 0 Å². The monoisotopic (exact) mass is 537 g/mol. The first-order valence-corrected chi connectivity index (χ1v) is 15.0. The van der Waals surface area contributed by atoms with Gasteiger partial charge in [0, 0.05) is 35.1 Å². The summed E-state index contributed by atoms with van der Waals surface area (Å²) in [6.45, 7) is 3.40. The summed E-state index contributed by atoms with van der Waals surface area (Å²) in [7, 11) is -3.73. The van der Waals surface area contributed by atoms with Crippen LogP contribution in [-0.2, 0) is 16.4 Å². The number of fused-ring (bicyclic) bond motifs is 1. The molecule has 2 N–H and O–H groups in total. The summed E-state index contributed by atoms with van der Waals surface area (Å²) in [6.07, 6.45) is 6.46. The number of sulfone groups is 1. The van der Waals surface area contributed by atoms with Gasteiger partial charge in [-0.3, -0.25) is 9.59 Å². The number of aromatic nitrogens is 1.